The summed E-state index contributed by atoms with van der Waals surface area (Å²) in [6, 6.07) is 0. The van der Waals surface area contributed by atoms with Gasteiger partial charge in [0, 0.05) is 13.0 Å². The second-order valence-corrected chi connectivity index (χ2v) is 3.23. The van der Waals surface area contributed by atoms with Crippen LogP contribution in [0.25, 0.3) is 0 Å². The molecule has 4 nitrogen and oxygen atoms in total. The standard InChI is InChI=1S/C8H8ClN3O/c9-6-4-11-7(5-10-6)12-3-1-2-8(12)13/h4-5H,1-3H2. The highest BCUT2D eigenvalue weighted by Crippen LogP contribution is 2.18. The second kappa shape index (κ2) is 3.30. The quantitative estimate of drug-likeness (QED) is 0.681. The Morgan fingerprint density at radius 2 is 2.23 bits per heavy atom. The van der Waals surface area contributed by atoms with Crippen LogP contribution in [0.3, 0.4) is 0 Å². The topological polar surface area (TPSA) is 46.1 Å². The van der Waals surface area contributed by atoms with Crippen LogP contribution in [0.15, 0.2) is 12.4 Å². The lowest BCUT2D eigenvalue weighted by atomic mass is 10.4. The molecule has 0 unspecified atom stereocenters. The predicted molar refractivity (Wildman–Crippen MR) is 48.6 cm³/mol. The number of amides is 1. The van der Waals surface area contributed by atoms with Gasteiger partial charge in [-0.25, -0.2) is 9.97 Å². The van der Waals surface area contributed by atoms with Gasteiger partial charge in [0.15, 0.2) is 5.82 Å². The molecule has 0 N–H and O–H groups in total. The number of aromatic nitrogens is 2. The molecule has 0 atom stereocenters. The Hall–Kier alpha value is -1.16. The summed E-state index contributed by atoms with van der Waals surface area (Å²) in [5.74, 6) is 0.698. The number of hydrogen-bond donors (Lipinski definition) is 0. The zero-order chi connectivity index (χ0) is 9.26. The molecule has 1 fully saturated rings. The molecule has 2 heterocycles. The monoisotopic (exact) mass is 197 g/mol. The van der Waals surface area contributed by atoms with E-state index in [0.717, 1.165) is 13.0 Å². The molecule has 1 aliphatic heterocycles. The molecule has 0 spiro atoms. The molecule has 2 rings (SSSR count). The number of hydrogen-bond acceptors (Lipinski definition) is 3. The van der Waals surface area contributed by atoms with Crippen LogP contribution in [0.4, 0.5) is 5.82 Å². The fourth-order valence-corrected chi connectivity index (χ4v) is 1.43. The van der Waals surface area contributed by atoms with E-state index >= 15 is 0 Å². The van der Waals surface area contributed by atoms with Gasteiger partial charge < -0.3 is 0 Å². The van der Waals surface area contributed by atoms with Crippen molar-refractivity contribution in [1.82, 2.24) is 9.97 Å². The molecule has 0 aliphatic carbocycles. The van der Waals surface area contributed by atoms with Gasteiger partial charge in [0.1, 0.15) is 5.15 Å². The van der Waals surface area contributed by atoms with E-state index in [4.69, 9.17) is 11.6 Å². The molecule has 1 aromatic rings. The van der Waals surface area contributed by atoms with Crippen molar-refractivity contribution in [2.24, 2.45) is 0 Å². The summed E-state index contributed by atoms with van der Waals surface area (Å²) >= 11 is 5.58. The van der Waals surface area contributed by atoms with Gasteiger partial charge in [-0.15, -0.1) is 0 Å². The van der Waals surface area contributed by atoms with E-state index in [1.165, 1.54) is 12.4 Å². The molecule has 1 saturated heterocycles. The minimum atomic E-state index is 0.108. The SMILES string of the molecule is O=C1CCCN1c1cnc(Cl)cn1. The molecule has 0 saturated carbocycles. The molecule has 5 heteroatoms. The van der Waals surface area contributed by atoms with Gasteiger partial charge in [-0.1, -0.05) is 11.6 Å². The third-order valence-corrected chi connectivity index (χ3v) is 2.15. The van der Waals surface area contributed by atoms with Gasteiger partial charge in [0.25, 0.3) is 0 Å². The Bertz CT molecular complexity index is 325. The molecule has 0 aromatic carbocycles. The van der Waals surface area contributed by atoms with E-state index < -0.39 is 0 Å². The summed E-state index contributed by atoms with van der Waals surface area (Å²) in [6.07, 6.45) is 4.46. The van der Waals surface area contributed by atoms with Crippen molar-refractivity contribution in [3.8, 4) is 0 Å². The van der Waals surface area contributed by atoms with E-state index in [1.54, 1.807) is 4.90 Å². The van der Waals surface area contributed by atoms with Crippen LogP contribution in [-0.4, -0.2) is 22.4 Å². The van der Waals surface area contributed by atoms with Crippen LogP contribution in [0.2, 0.25) is 5.15 Å². The summed E-state index contributed by atoms with van der Waals surface area (Å²) in [6.45, 7) is 0.731. The second-order valence-electron chi connectivity index (χ2n) is 2.85. The fourth-order valence-electron chi connectivity index (χ4n) is 1.34. The molecule has 1 aromatic heterocycles. The van der Waals surface area contributed by atoms with Crippen molar-refractivity contribution in [3.63, 3.8) is 0 Å². The van der Waals surface area contributed by atoms with E-state index in [1.807, 2.05) is 0 Å². The van der Waals surface area contributed by atoms with Crippen molar-refractivity contribution in [1.29, 1.82) is 0 Å². The molecular formula is C8H8ClN3O. The van der Waals surface area contributed by atoms with Crippen molar-refractivity contribution in [2.75, 3.05) is 11.4 Å². The Labute approximate surface area is 80.5 Å². The molecule has 0 radical (unpaired) electrons. The first kappa shape index (κ1) is 8.44. The van der Waals surface area contributed by atoms with Gasteiger partial charge >= 0.3 is 0 Å². The minimum Gasteiger partial charge on any atom is -0.296 e. The average molecular weight is 198 g/mol. The summed E-state index contributed by atoms with van der Waals surface area (Å²) < 4.78 is 0. The van der Waals surface area contributed by atoms with Crippen molar-refractivity contribution < 1.29 is 4.79 Å². The highest BCUT2D eigenvalue weighted by molar-refractivity contribution is 6.29. The van der Waals surface area contributed by atoms with E-state index in [-0.39, 0.29) is 5.91 Å². The van der Waals surface area contributed by atoms with Crippen LogP contribution in [0.5, 0.6) is 0 Å². The number of carbonyl (C=O) groups excluding carboxylic acids is 1. The third-order valence-electron chi connectivity index (χ3n) is 1.96. The fraction of sp³-hybridized carbons (Fsp3) is 0.375. The van der Waals surface area contributed by atoms with E-state index in [2.05, 4.69) is 9.97 Å². The zero-order valence-corrected chi connectivity index (χ0v) is 7.66. The third kappa shape index (κ3) is 1.62. The average Bonchev–Trinajstić information content (AvgIpc) is 2.53. The molecule has 13 heavy (non-hydrogen) atoms. The molecule has 68 valence electrons. The van der Waals surface area contributed by atoms with Gasteiger partial charge in [0.2, 0.25) is 5.91 Å². The first-order valence-corrected chi connectivity index (χ1v) is 4.43. The van der Waals surface area contributed by atoms with Crippen LogP contribution in [-0.2, 0) is 4.79 Å². The molecule has 1 amide bonds. The first-order chi connectivity index (χ1) is 6.27. The first-order valence-electron chi connectivity index (χ1n) is 4.05. The Balaban J connectivity index is 2.25. The molecule has 1 aliphatic rings. The zero-order valence-electron chi connectivity index (χ0n) is 6.90. The van der Waals surface area contributed by atoms with Crippen LogP contribution in [0.1, 0.15) is 12.8 Å². The van der Waals surface area contributed by atoms with Gasteiger partial charge in [-0.05, 0) is 6.42 Å². The molecule has 0 bridgehead atoms. The lowest BCUT2D eigenvalue weighted by Gasteiger charge is -2.12. The Morgan fingerprint density at radius 3 is 2.77 bits per heavy atom. The lowest BCUT2D eigenvalue weighted by molar-refractivity contribution is -0.117. The highest BCUT2D eigenvalue weighted by Gasteiger charge is 2.22. The van der Waals surface area contributed by atoms with Crippen molar-refractivity contribution in [3.05, 3.63) is 17.5 Å². The number of anilines is 1. The number of carbonyl (C=O) groups is 1. The van der Waals surface area contributed by atoms with Crippen LogP contribution < -0.4 is 4.90 Å². The van der Waals surface area contributed by atoms with Gasteiger partial charge in [0.05, 0.1) is 12.4 Å². The van der Waals surface area contributed by atoms with Crippen LogP contribution >= 0.6 is 11.6 Å². The van der Waals surface area contributed by atoms with Crippen molar-refractivity contribution >= 4 is 23.3 Å². The van der Waals surface area contributed by atoms with Crippen LogP contribution in [0, 0.1) is 0 Å². The van der Waals surface area contributed by atoms with Gasteiger partial charge in [-0.3, -0.25) is 9.69 Å². The van der Waals surface area contributed by atoms with E-state index in [9.17, 15) is 4.79 Å². The summed E-state index contributed by atoms with van der Waals surface area (Å²) in [5, 5.41) is 0.343. The molecular weight excluding hydrogens is 190 g/mol. The summed E-state index contributed by atoms with van der Waals surface area (Å²) in [4.78, 5) is 20.8. The minimum absolute atomic E-state index is 0.108. The van der Waals surface area contributed by atoms with E-state index in [0.29, 0.717) is 17.4 Å². The Kier molecular flexibility index (Phi) is 2.14. The maximum atomic E-state index is 11.3. The van der Waals surface area contributed by atoms with Gasteiger partial charge in [-0.2, -0.15) is 0 Å². The number of nitrogens with zero attached hydrogens (tertiary/aromatic N) is 3. The highest BCUT2D eigenvalue weighted by atomic mass is 35.5. The smallest absolute Gasteiger partial charge is 0.228 e. The van der Waals surface area contributed by atoms with Crippen molar-refractivity contribution in [2.45, 2.75) is 12.8 Å². The lowest BCUT2D eigenvalue weighted by Crippen LogP contribution is -2.24. The maximum absolute atomic E-state index is 11.3. The summed E-state index contributed by atoms with van der Waals surface area (Å²) in [7, 11) is 0. The maximum Gasteiger partial charge on any atom is 0.228 e. The summed E-state index contributed by atoms with van der Waals surface area (Å²) in [5.41, 5.74) is 0. The largest absolute Gasteiger partial charge is 0.296 e. The normalized spacial score (nSPS) is 16.7. The number of rotatable bonds is 1. The Morgan fingerprint density at radius 1 is 1.38 bits per heavy atom. The number of halogens is 1. The predicted octanol–water partition coefficient (Wildman–Crippen LogP) is 1.26.